The number of hydrogen-bond acceptors (Lipinski definition) is 3. The molecular weight excluding hydrogens is 349 g/mol. The standard InChI is InChI=1S/C18H21F3N2OS/c1-11(23-25(24)18(2,3)4)14-8-17(21)15(9-16(14)20)12-5-6-22-13(7-12)10-19/h5-9,11,23H,10H2,1-4H3/t11-,25+/m0/s1. The van der Waals surface area contributed by atoms with Gasteiger partial charge in [0.25, 0.3) is 0 Å². The van der Waals surface area contributed by atoms with Crippen molar-refractivity contribution in [3.63, 3.8) is 0 Å². The average molecular weight is 370 g/mol. The number of rotatable bonds is 5. The van der Waals surface area contributed by atoms with E-state index in [0.29, 0.717) is 5.56 Å². The van der Waals surface area contributed by atoms with E-state index in [-0.39, 0.29) is 16.8 Å². The Hall–Kier alpha value is -1.57. The van der Waals surface area contributed by atoms with Gasteiger partial charge >= 0.3 is 0 Å². The highest BCUT2D eigenvalue weighted by Crippen LogP contribution is 2.29. The summed E-state index contributed by atoms with van der Waals surface area (Å²) >= 11 is -1.42. The lowest BCUT2D eigenvalue weighted by Crippen LogP contribution is -2.40. The van der Waals surface area contributed by atoms with Gasteiger partial charge in [-0.05, 0) is 57.5 Å². The van der Waals surface area contributed by atoms with E-state index in [1.54, 1.807) is 27.7 Å². The Labute approximate surface area is 149 Å². The molecule has 1 heterocycles. The van der Waals surface area contributed by atoms with Crippen LogP contribution in [0.1, 0.15) is 45.0 Å². The van der Waals surface area contributed by atoms with Gasteiger partial charge in [0.15, 0.2) is 0 Å². The third kappa shape index (κ3) is 4.74. The monoisotopic (exact) mass is 370 g/mol. The van der Waals surface area contributed by atoms with Gasteiger partial charge in [-0.2, -0.15) is 0 Å². The largest absolute Gasteiger partial charge is 0.598 e. The number of benzene rings is 1. The van der Waals surface area contributed by atoms with Gasteiger partial charge in [0.2, 0.25) is 0 Å². The van der Waals surface area contributed by atoms with Gasteiger partial charge < -0.3 is 4.55 Å². The predicted octanol–water partition coefficient (Wildman–Crippen LogP) is 4.61. The average Bonchev–Trinajstić information content (AvgIpc) is 2.55. The number of aromatic nitrogens is 1. The Bertz CT molecular complexity index is 750. The predicted molar refractivity (Wildman–Crippen MR) is 93.8 cm³/mol. The Balaban J connectivity index is 2.33. The van der Waals surface area contributed by atoms with Crippen LogP contribution in [-0.2, 0) is 18.0 Å². The second kappa shape index (κ2) is 7.76. The molecule has 1 aromatic heterocycles. The summed E-state index contributed by atoms with van der Waals surface area (Å²) in [6.07, 6.45) is 1.35. The van der Waals surface area contributed by atoms with E-state index in [1.807, 2.05) is 0 Å². The molecular formula is C18H21F3N2OS. The Morgan fingerprint density at radius 1 is 1.20 bits per heavy atom. The van der Waals surface area contributed by atoms with Crippen LogP contribution in [0.15, 0.2) is 30.5 Å². The minimum atomic E-state index is -1.42. The van der Waals surface area contributed by atoms with E-state index in [2.05, 4.69) is 9.71 Å². The zero-order valence-electron chi connectivity index (χ0n) is 14.6. The van der Waals surface area contributed by atoms with Gasteiger partial charge in [0, 0.05) is 28.7 Å². The van der Waals surface area contributed by atoms with Gasteiger partial charge in [-0.1, -0.05) is 0 Å². The molecule has 0 fully saturated rings. The van der Waals surface area contributed by atoms with Gasteiger partial charge in [0.1, 0.15) is 23.1 Å². The molecule has 0 aliphatic heterocycles. The van der Waals surface area contributed by atoms with Crippen LogP contribution < -0.4 is 4.72 Å². The van der Waals surface area contributed by atoms with E-state index < -0.39 is 40.5 Å². The fraction of sp³-hybridized carbons (Fsp3) is 0.389. The summed E-state index contributed by atoms with van der Waals surface area (Å²) in [5, 5.41) is 0. The minimum absolute atomic E-state index is 0.0301. The normalized spacial score (nSPS) is 14.4. The van der Waals surface area contributed by atoms with E-state index in [0.717, 1.165) is 12.1 Å². The summed E-state index contributed by atoms with van der Waals surface area (Å²) in [7, 11) is 0. The van der Waals surface area contributed by atoms with E-state index in [9.17, 15) is 17.7 Å². The van der Waals surface area contributed by atoms with Gasteiger partial charge in [-0.25, -0.2) is 13.2 Å². The lowest BCUT2D eigenvalue weighted by Gasteiger charge is -2.26. The molecule has 0 unspecified atom stereocenters. The van der Waals surface area contributed by atoms with Crippen LogP contribution in [0.5, 0.6) is 0 Å². The Morgan fingerprint density at radius 2 is 1.88 bits per heavy atom. The topological polar surface area (TPSA) is 48.0 Å². The number of nitrogens with zero attached hydrogens (tertiary/aromatic N) is 1. The van der Waals surface area contributed by atoms with Crippen molar-refractivity contribution in [2.24, 2.45) is 0 Å². The fourth-order valence-electron chi connectivity index (χ4n) is 2.23. The molecule has 2 atom stereocenters. The van der Waals surface area contributed by atoms with Gasteiger partial charge in [0.05, 0.1) is 11.7 Å². The summed E-state index contributed by atoms with van der Waals surface area (Å²) in [6, 6.07) is 4.39. The first kappa shape index (κ1) is 19.8. The first-order valence-corrected chi connectivity index (χ1v) is 8.96. The van der Waals surface area contributed by atoms with E-state index >= 15 is 0 Å². The van der Waals surface area contributed by atoms with Crippen molar-refractivity contribution in [2.75, 3.05) is 0 Å². The van der Waals surface area contributed by atoms with Gasteiger partial charge in [-0.15, -0.1) is 4.72 Å². The lowest BCUT2D eigenvalue weighted by molar-refractivity contribution is 0.476. The second-order valence-electron chi connectivity index (χ2n) is 6.74. The molecule has 0 amide bonds. The van der Waals surface area contributed by atoms with Crippen molar-refractivity contribution >= 4 is 11.4 Å². The number of pyridine rings is 1. The van der Waals surface area contributed by atoms with Crippen molar-refractivity contribution < 1.29 is 17.7 Å². The summed E-state index contributed by atoms with van der Waals surface area (Å²) in [5.41, 5.74) is 0.614. The molecule has 0 spiro atoms. The van der Waals surface area contributed by atoms with Crippen LogP contribution >= 0.6 is 0 Å². The lowest BCUT2D eigenvalue weighted by atomic mass is 10.0. The number of hydrogen-bond donors (Lipinski definition) is 1. The molecule has 136 valence electrons. The molecule has 0 saturated heterocycles. The molecule has 1 aromatic carbocycles. The highest BCUT2D eigenvalue weighted by Gasteiger charge is 2.29. The maximum Gasteiger partial charge on any atom is 0.136 e. The van der Waals surface area contributed by atoms with Crippen molar-refractivity contribution in [1.82, 2.24) is 9.71 Å². The molecule has 3 nitrogen and oxygen atoms in total. The maximum atomic E-state index is 14.5. The molecule has 7 heteroatoms. The molecule has 2 aromatic rings. The van der Waals surface area contributed by atoms with E-state index in [1.165, 1.54) is 18.3 Å². The zero-order chi connectivity index (χ0) is 18.8. The summed E-state index contributed by atoms with van der Waals surface area (Å²) in [4.78, 5) is 3.80. The van der Waals surface area contributed by atoms with Crippen LogP contribution in [0.25, 0.3) is 11.1 Å². The van der Waals surface area contributed by atoms with E-state index in [4.69, 9.17) is 0 Å². The number of alkyl halides is 1. The van der Waals surface area contributed by atoms with Crippen molar-refractivity contribution in [3.05, 3.63) is 53.4 Å². The zero-order valence-corrected chi connectivity index (χ0v) is 15.4. The highest BCUT2D eigenvalue weighted by molar-refractivity contribution is 7.90. The van der Waals surface area contributed by atoms with Crippen LogP contribution in [0.4, 0.5) is 13.2 Å². The molecule has 0 saturated carbocycles. The minimum Gasteiger partial charge on any atom is -0.598 e. The van der Waals surface area contributed by atoms with Crippen LogP contribution in [0.3, 0.4) is 0 Å². The van der Waals surface area contributed by atoms with Crippen LogP contribution in [0.2, 0.25) is 0 Å². The molecule has 1 N–H and O–H groups in total. The second-order valence-corrected chi connectivity index (χ2v) is 8.74. The molecule has 0 bridgehead atoms. The SMILES string of the molecule is C[C@H](N[S@+]([O-])C(C)(C)C)c1cc(F)c(-c2ccnc(CF)c2)cc1F. The van der Waals surface area contributed by atoms with Crippen LogP contribution in [0, 0.1) is 11.6 Å². The maximum absolute atomic E-state index is 14.5. The number of halogens is 3. The molecule has 25 heavy (non-hydrogen) atoms. The Kier molecular flexibility index (Phi) is 6.13. The summed E-state index contributed by atoms with van der Waals surface area (Å²) < 4.78 is 56.1. The van der Waals surface area contributed by atoms with Gasteiger partial charge in [-0.3, -0.25) is 4.98 Å². The van der Waals surface area contributed by atoms with Crippen molar-refractivity contribution in [2.45, 2.75) is 45.2 Å². The quantitative estimate of drug-likeness (QED) is 0.782. The first-order chi connectivity index (χ1) is 11.6. The third-order valence-electron chi connectivity index (χ3n) is 3.66. The fourth-order valence-corrected chi connectivity index (χ4v) is 3.04. The van der Waals surface area contributed by atoms with Crippen molar-refractivity contribution in [3.8, 4) is 11.1 Å². The van der Waals surface area contributed by atoms with Crippen LogP contribution in [-0.4, -0.2) is 14.3 Å². The Morgan fingerprint density at radius 3 is 2.48 bits per heavy atom. The smallest absolute Gasteiger partial charge is 0.136 e. The highest BCUT2D eigenvalue weighted by atomic mass is 32.2. The third-order valence-corrected chi connectivity index (χ3v) is 5.34. The summed E-state index contributed by atoms with van der Waals surface area (Å²) in [6.45, 7) is 6.20. The first-order valence-electron chi connectivity index (χ1n) is 7.81. The molecule has 0 aliphatic carbocycles. The molecule has 0 radical (unpaired) electrons. The number of nitrogens with one attached hydrogen (secondary N) is 1. The molecule has 0 aliphatic rings. The summed E-state index contributed by atoms with van der Waals surface area (Å²) in [5.74, 6) is -1.26. The molecule has 2 rings (SSSR count). The van der Waals surface area contributed by atoms with Crippen molar-refractivity contribution in [1.29, 1.82) is 0 Å².